The van der Waals surface area contributed by atoms with E-state index in [-0.39, 0.29) is 6.04 Å². The minimum absolute atomic E-state index is 0.268. The van der Waals surface area contributed by atoms with Crippen LogP contribution in [0.15, 0.2) is 12.1 Å². The Balaban J connectivity index is 2.16. The monoisotopic (exact) mass is 318 g/mol. The van der Waals surface area contributed by atoms with Crippen LogP contribution in [-0.2, 0) is 10.6 Å². The van der Waals surface area contributed by atoms with E-state index in [0.717, 1.165) is 36.3 Å². The Kier molecular flexibility index (Phi) is 3.90. The lowest BCUT2D eigenvalue weighted by atomic mass is 10.1. The van der Waals surface area contributed by atoms with E-state index in [9.17, 15) is 0 Å². The first-order valence-electron chi connectivity index (χ1n) is 6.20. The summed E-state index contributed by atoms with van der Waals surface area (Å²) in [5.74, 6) is 1.20. The summed E-state index contributed by atoms with van der Waals surface area (Å²) in [6.07, 6.45) is 2.11. The fourth-order valence-electron chi connectivity index (χ4n) is 2.57. The Hall–Kier alpha value is -0.480. The van der Waals surface area contributed by atoms with Gasteiger partial charge in [-0.1, -0.05) is 23.2 Å². The van der Waals surface area contributed by atoms with Crippen molar-refractivity contribution in [1.29, 1.82) is 0 Å². The molecule has 1 fully saturated rings. The van der Waals surface area contributed by atoms with Gasteiger partial charge in [-0.25, -0.2) is 4.98 Å². The topological polar surface area (TPSA) is 27.1 Å². The van der Waals surface area contributed by atoms with Crippen molar-refractivity contribution in [3.63, 3.8) is 0 Å². The Morgan fingerprint density at radius 2 is 2.11 bits per heavy atom. The van der Waals surface area contributed by atoms with Gasteiger partial charge in [-0.2, -0.15) is 0 Å². The molecule has 1 saturated heterocycles. The van der Waals surface area contributed by atoms with E-state index in [1.165, 1.54) is 0 Å². The lowest BCUT2D eigenvalue weighted by molar-refractivity contribution is 0.0597. The fraction of sp³-hybridized carbons (Fsp3) is 0.462. The van der Waals surface area contributed by atoms with Crippen LogP contribution in [0.3, 0.4) is 0 Å². The first-order chi connectivity index (χ1) is 9.20. The van der Waals surface area contributed by atoms with Crippen molar-refractivity contribution >= 4 is 45.8 Å². The molecule has 1 unspecified atom stereocenters. The highest BCUT2D eigenvalue weighted by Gasteiger charge is 2.22. The summed E-state index contributed by atoms with van der Waals surface area (Å²) in [6, 6.07) is 3.91. The number of alkyl halides is 1. The zero-order chi connectivity index (χ0) is 13.4. The van der Waals surface area contributed by atoms with Gasteiger partial charge < -0.3 is 9.30 Å². The third-order valence-electron chi connectivity index (χ3n) is 3.43. The molecule has 0 amide bonds. The van der Waals surface area contributed by atoms with Crippen molar-refractivity contribution in [2.45, 2.75) is 24.8 Å². The SMILES string of the molecule is ClCc1nc2cc(Cl)c(Cl)cc2n1C1CCCOC1. The largest absolute Gasteiger partial charge is 0.379 e. The quantitative estimate of drug-likeness (QED) is 0.766. The maximum atomic E-state index is 6.11. The molecule has 19 heavy (non-hydrogen) atoms. The molecule has 1 atom stereocenters. The van der Waals surface area contributed by atoms with Crippen molar-refractivity contribution in [3.8, 4) is 0 Å². The van der Waals surface area contributed by atoms with E-state index >= 15 is 0 Å². The van der Waals surface area contributed by atoms with Crippen LogP contribution in [0.25, 0.3) is 11.0 Å². The van der Waals surface area contributed by atoms with Gasteiger partial charge in [0.1, 0.15) is 5.82 Å². The Bertz CT molecular complexity index is 605. The lowest BCUT2D eigenvalue weighted by Crippen LogP contribution is -2.22. The van der Waals surface area contributed by atoms with Gasteiger partial charge in [0.25, 0.3) is 0 Å². The molecule has 0 radical (unpaired) electrons. The van der Waals surface area contributed by atoms with Crippen LogP contribution in [0.4, 0.5) is 0 Å². The number of aromatic nitrogens is 2. The van der Waals surface area contributed by atoms with Crippen molar-refractivity contribution in [1.82, 2.24) is 9.55 Å². The zero-order valence-corrected chi connectivity index (χ0v) is 12.5. The van der Waals surface area contributed by atoms with Crippen LogP contribution >= 0.6 is 34.8 Å². The van der Waals surface area contributed by atoms with Crippen LogP contribution in [0.2, 0.25) is 10.0 Å². The number of ether oxygens (including phenoxy) is 1. The Morgan fingerprint density at radius 3 is 2.79 bits per heavy atom. The molecule has 3 nitrogen and oxygen atoms in total. The van der Waals surface area contributed by atoms with Gasteiger partial charge in [0, 0.05) is 6.61 Å². The fourth-order valence-corrected chi connectivity index (χ4v) is 3.07. The molecular weight excluding hydrogens is 307 g/mol. The first kappa shape index (κ1) is 13.5. The summed E-state index contributed by atoms with van der Waals surface area (Å²) >= 11 is 18.2. The molecule has 2 aromatic rings. The van der Waals surface area contributed by atoms with Crippen molar-refractivity contribution in [2.24, 2.45) is 0 Å². The van der Waals surface area contributed by atoms with Crippen molar-refractivity contribution in [2.75, 3.05) is 13.2 Å². The highest BCUT2D eigenvalue weighted by molar-refractivity contribution is 6.42. The summed E-state index contributed by atoms with van der Waals surface area (Å²) in [4.78, 5) is 4.54. The summed E-state index contributed by atoms with van der Waals surface area (Å²) in [6.45, 7) is 1.52. The van der Waals surface area contributed by atoms with E-state index in [1.807, 2.05) is 6.07 Å². The predicted molar refractivity (Wildman–Crippen MR) is 78.4 cm³/mol. The Labute approximate surface area is 126 Å². The van der Waals surface area contributed by atoms with E-state index < -0.39 is 0 Å². The normalized spacial score (nSPS) is 20.1. The second kappa shape index (κ2) is 5.49. The number of rotatable bonds is 2. The molecule has 0 spiro atoms. The van der Waals surface area contributed by atoms with E-state index in [4.69, 9.17) is 39.5 Å². The summed E-state index contributed by atoms with van der Waals surface area (Å²) in [7, 11) is 0. The van der Waals surface area contributed by atoms with Crippen LogP contribution in [0.5, 0.6) is 0 Å². The number of benzene rings is 1. The second-order valence-electron chi connectivity index (χ2n) is 4.66. The summed E-state index contributed by atoms with van der Waals surface area (Å²) < 4.78 is 7.70. The number of hydrogen-bond acceptors (Lipinski definition) is 2. The molecule has 1 aromatic heterocycles. The molecular formula is C13H13Cl3N2O. The van der Waals surface area contributed by atoms with Crippen LogP contribution < -0.4 is 0 Å². The van der Waals surface area contributed by atoms with E-state index in [1.54, 1.807) is 6.07 Å². The first-order valence-corrected chi connectivity index (χ1v) is 7.49. The third-order valence-corrected chi connectivity index (χ3v) is 4.39. The van der Waals surface area contributed by atoms with Crippen molar-refractivity contribution < 1.29 is 4.74 Å². The molecule has 3 rings (SSSR count). The molecule has 1 aliphatic heterocycles. The number of imidazole rings is 1. The van der Waals surface area contributed by atoms with Crippen LogP contribution in [-0.4, -0.2) is 22.8 Å². The number of halogens is 3. The standard InChI is InChI=1S/C13H13Cl3N2O/c14-6-13-17-11-4-9(15)10(16)5-12(11)18(13)8-2-1-3-19-7-8/h4-5,8H,1-3,6-7H2. The molecule has 102 valence electrons. The highest BCUT2D eigenvalue weighted by Crippen LogP contribution is 2.32. The average Bonchev–Trinajstić information content (AvgIpc) is 2.78. The van der Waals surface area contributed by atoms with Gasteiger partial charge in [-0.05, 0) is 25.0 Å². The average molecular weight is 320 g/mol. The van der Waals surface area contributed by atoms with Gasteiger partial charge in [0.05, 0.1) is 39.6 Å². The Morgan fingerprint density at radius 1 is 1.32 bits per heavy atom. The third kappa shape index (κ3) is 2.45. The molecule has 0 saturated carbocycles. The smallest absolute Gasteiger partial charge is 0.125 e. The molecule has 2 heterocycles. The van der Waals surface area contributed by atoms with Gasteiger partial charge in [0.2, 0.25) is 0 Å². The maximum Gasteiger partial charge on any atom is 0.125 e. The van der Waals surface area contributed by atoms with Gasteiger partial charge >= 0.3 is 0 Å². The molecule has 0 N–H and O–H groups in total. The molecule has 0 bridgehead atoms. The minimum atomic E-state index is 0.268. The van der Waals surface area contributed by atoms with E-state index in [0.29, 0.717) is 22.5 Å². The van der Waals surface area contributed by atoms with Crippen LogP contribution in [0, 0.1) is 0 Å². The van der Waals surface area contributed by atoms with Gasteiger partial charge in [0.15, 0.2) is 0 Å². The maximum absolute atomic E-state index is 6.11. The van der Waals surface area contributed by atoms with E-state index in [2.05, 4.69) is 9.55 Å². The zero-order valence-electron chi connectivity index (χ0n) is 10.2. The highest BCUT2D eigenvalue weighted by atomic mass is 35.5. The van der Waals surface area contributed by atoms with Crippen LogP contribution in [0.1, 0.15) is 24.7 Å². The molecule has 1 aliphatic rings. The van der Waals surface area contributed by atoms with Gasteiger partial charge in [-0.15, -0.1) is 11.6 Å². The second-order valence-corrected chi connectivity index (χ2v) is 5.74. The number of hydrogen-bond donors (Lipinski definition) is 0. The van der Waals surface area contributed by atoms with Gasteiger partial charge in [-0.3, -0.25) is 0 Å². The number of fused-ring (bicyclic) bond motifs is 1. The molecule has 1 aromatic carbocycles. The molecule has 6 heteroatoms. The minimum Gasteiger partial charge on any atom is -0.379 e. The predicted octanol–water partition coefficient (Wildman–Crippen LogP) is 4.43. The molecule has 0 aliphatic carbocycles. The summed E-state index contributed by atoms with van der Waals surface area (Å²) in [5.41, 5.74) is 1.80. The van der Waals surface area contributed by atoms with Crippen molar-refractivity contribution in [3.05, 3.63) is 28.0 Å². The number of nitrogens with zero attached hydrogens (tertiary/aromatic N) is 2. The summed E-state index contributed by atoms with van der Waals surface area (Å²) in [5, 5.41) is 1.05. The lowest BCUT2D eigenvalue weighted by Gasteiger charge is -2.25.